The average Bonchev–Trinajstić information content (AvgIpc) is 2.68. The molecule has 2 aromatic carbocycles. The molecule has 0 amide bonds. The van der Waals surface area contributed by atoms with Gasteiger partial charge in [-0.05, 0) is 28.8 Å². The van der Waals surface area contributed by atoms with Gasteiger partial charge in [-0.2, -0.15) is 0 Å². The van der Waals surface area contributed by atoms with E-state index in [9.17, 15) is 24.7 Å². The Morgan fingerprint density at radius 2 is 1.26 bits per heavy atom. The van der Waals surface area contributed by atoms with Gasteiger partial charge in [0.15, 0.2) is 18.9 Å². The van der Waals surface area contributed by atoms with Crippen molar-refractivity contribution in [2.45, 2.75) is 11.6 Å². The van der Waals surface area contributed by atoms with Gasteiger partial charge in [0, 0.05) is 11.6 Å². The van der Waals surface area contributed by atoms with Crippen molar-refractivity contribution in [3.63, 3.8) is 0 Å². The minimum absolute atomic E-state index is 0.351. The Hall–Kier alpha value is -1.75. The first-order valence-electron chi connectivity index (χ1n) is 8.13. The van der Waals surface area contributed by atoms with Gasteiger partial charge in [0.1, 0.15) is 0 Å². The fraction of sp³-hybridized carbons (Fsp3) is 0.105. The lowest BCUT2D eigenvalue weighted by molar-refractivity contribution is -0.702. The number of nitrogens with zero attached hydrogens (tertiary/aromatic N) is 1. The first-order chi connectivity index (χ1) is 12.9. The summed E-state index contributed by atoms with van der Waals surface area (Å²) in [6.45, 7) is -0.351. The standard InChI is InChI=1S/C19H20NO5P2/c21-19(26(22)23,27(24)25)14-20-11-5-10-18(13-20)17-9-4-8-16(12-17)15-6-2-1-3-7-15/h1-13,21-25H,14H2/q+1. The fourth-order valence-electron chi connectivity index (χ4n) is 2.75. The summed E-state index contributed by atoms with van der Waals surface area (Å²) in [6.07, 6.45) is 3.33. The topological polar surface area (TPSA) is 105 Å². The van der Waals surface area contributed by atoms with E-state index in [0.29, 0.717) is 0 Å². The van der Waals surface area contributed by atoms with Crippen LogP contribution in [-0.2, 0) is 6.54 Å². The molecule has 5 N–H and O–H groups in total. The van der Waals surface area contributed by atoms with Crippen molar-refractivity contribution >= 4 is 16.8 Å². The molecule has 0 atom stereocenters. The molecule has 0 radical (unpaired) electrons. The molecule has 0 aliphatic rings. The minimum atomic E-state index is -2.94. The maximum absolute atomic E-state index is 10.2. The summed E-state index contributed by atoms with van der Waals surface area (Å²) < 4.78 is 1.51. The summed E-state index contributed by atoms with van der Waals surface area (Å²) >= 11 is 0. The molecule has 1 aromatic heterocycles. The first-order valence-corrected chi connectivity index (χ1v) is 10.6. The molecule has 8 heteroatoms. The van der Waals surface area contributed by atoms with E-state index in [-0.39, 0.29) is 6.54 Å². The quantitative estimate of drug-likeness (QED) is 0.321. The van der Waals surface area contributed by atoms with Crippen molar-refractivity contribution in [3.05, 3.63) is 79.1 Å². The highest BCUT2D eigenvalue weighted by molar-refractivity contribution is 7.65. The first kappa shape index (κ1) is 20.0. The van der Waals surface area contributed by atoms with Crippen molar-refractivity contribution in [3.8, 4) is 22.3 Å². The molecule has 27 heavy (non-hydrogen) atoms. The van der Waals surface area contributed by atoms with Crippen molar-refractivity contribution in [1.29, 1.82) is 0 Å². The van der Waals surface area contributed by atoms with E-state index in [2.05, 4.69) is 0 Å². The highest BCUT2D eigenvalue weighted by atomic mass is 31.2. The Bertz CT molecular complexity index is 897. The summed E-state index contributed by atoms with van der Waals surface area (Å²) in [5.41, 5.74) is 3.94. The predicted molar refractivity (Wildman–Crippen MR) is 105 cm³/mol. The zero-order valence-electron chi connectivity index (χ0n) is 14.3. The van der Waals surface area contributed by atoms with Crippen LogP contribution in [0.1, 0.15) is 0 Å². The fourth-order valence-corrected chi connectivity index (χ4v) is 3.97. The molecular formula is C19H20NO5P2+. The van der Waals surface area contributed by atoms with Crippen LogP contribution in [0, 0.1) is 0 Å². The largest absolute Gasteiger partial charge is 0.367 e. The number of pyridine rings is 1. The molecule has 0 bridgehead atoms. The number of hydrogen-bond donors (Lipinski definition) is 5. The van der Waals surface area contributed by atoms with E-state index in [1.807, 2.05) is 60.7 Å². The monoisotopic (exact) mass is 404 g/mol. The molecule has 0 aliphatic carbocycles. The highest BCUT2D eigenvalue weighted by Gasteiger charge is 2.48. The Kier molecular flexibility index (Phi) is 6.30. The van der Waals surface area contributed by atoms with E-state index in [1.54, 1.807) is 18.5 Å². The van der Waals surface area contributed by atoms with Crippen LogP contribution in [0.15, 0.2) is 79.1 Å². The summed E-state index contributed by atoms with van der Waals surface area (Å²) in [5.74, 6) is 0. The lowest BCUT2D eigenvalue weighted by atomic mass is 10.00. The van der Waals surface area contributed by atoms with Gasteiger partial charge < -0.3 is 24.7 Å². The second-order valence-electron chi connectivity index (χ2n) is 6.07. The third-order valence-corrected chi connectivity index (χ3v) is 6.83. The van der Waals surface area contributed by atoms with Crippen LogP contribution in [0.3, 0.4) is 0 Å². The van der Waals surface area contributed by atoms with Crippen LogP contribution < -0.4 is 4.57 Å². The molecule has 140 valence electrons. The lowest BCUT2D eigenvalue weighted by Crippen LogP contribution is -2.45. The van der Waals surface area contributed by atoms with Gasteiger partial charge in [0.05, 0.1) is 0 Å². The Labute approximate surface area is 159 Å². The highest BCUT2D eigenvalue weighted by Crippen LogP contribution is 2.57. The summed E-state index contributed by atoms with van der Waals surface area (Å²) in [4.78, 5) is 37.6. The summed E-state index contributed by atoms with van der Waals surface area (Å²) in [6, 6.07) is 21.6. The minimum Gasteiger partial charge on any atom is -0.367 e. The predicted octanol–water partition coefficient (Wildman–Crippen LogP) is 2.55. The van der Waals surface area contributed by atoms with Crippen molar-refractivity contribution in [1.82, 2.24) is 0 Å². The molecule has 0 spiro atoms. The molecule has 3 rings (SSSR count). The van der Waals surface area contributed by atoms with Crippen LogP contribution in [0.2, 0.25) is 0 Å². The molecule has 6 nitrogen and oxygen atoms in total. The summed E-state index contributed by atoms with van der Waals surface area (Å²) in [5, 5.41) is 7.84. The van der Waals surface area contributed by atoms with Crippen molar-refractivity contribution in [2.24, 2.45) is 0 Å². The van der Waals surface area contributed by atoms with Gasteiger partial charge in [-0.15, -0.1) is 0 Å². The van der Waals surface area contributed by atoms with Crippen molar-refractivity contribution < 1.29 is 29.2 Å². The molecular weight excluding hydrogens is 384 g/mol. The van der Waals surface area contributed by atoms with Crippen LogP contribution in [0.25, 0.3) is 22.3 Å². The van der Waals surface area contributed by atoms with E-state index < -0.39 is 21.8 Å². The summed E-state index contributed by atoms with van der Waals surface area (Å²) in [7, 11) is -5.89. The third kappa shape index (κ3) is 4.57. The lowest BCUT2D eigenvalue weighted by Gasteiger charge is -2.25. The molecule has 0 saturated heterocycles. The van der Waals surface area contributed by atoms with Crippen LogP contribution in [0.5, 0.6) is 0 Å². The molecule has 0 unspecified atom stereocenters. The van der Waals surface area contributed by atoms with Gasteiger partial charge in [0.25, 0.3) is 5.08 Å². The molecule has 0 fully saturated rings. The van der Waals surface area contributed by atoms with Gasteiger partial charge in [-0.25, -0.2) is 4.57 Å². The number of hydrogen-bond acceptors (Lipinski definition) is 5. The Morgan fingerprint density at radius 3 is 1.89 bits per heavy atom. The average molecular weight is 404 g/mol. The SMILES string of the molecule is OP(O)C(O)(C[n+]1cccc(-c2cccc(-c3ccccc3)c2)c1)P(O)O. The van der Waals surface area contributed by atoms with Gasteiger partial charge in [0.2, 0.25) is 16.8 Å². The van der Waals surface area contributed by atoms with Gasteiger partial charge >= 0.3 is 0 Å². The van der Waals surface area contributed by atoms with Crippen molar-refractivity contribution in [2.75, 3.05) is 0 Å². The Balaban J connectivity index is 1.92. The smallest absolute Gasteiger partial charge is 0.261 e. The second kappa shape index (κ2) is 8.51. The molecule has 1 heterocycles. The number of aromatic nitrogens is 1. The van der Waals surface area contributed by atoms with E-state index >= 15 is 0 Å². The van der Waals surface area contributed by atoms with Crippen LogP contribution >= 0.6 is 16.8 Å². The molecule has 0 aliphatic heterocycles. The van der Waals surface area contributed by atoms with Gasteiger partial charge in [-0.3, -0.25) is 0 Å². The third-order valence-electron chi connectivity index (χ3n) is 4.20. The van der Waals surface area contributed by atoms with Crippen LogP contribution in [0.4, 0.5) is 0 Å². The number of benzene rings is 2. The molecule has 3 aromatic rings. The second-order valence-corrected chi connectivity index (χ2v) is 9.06. The molecule has 0 saturated carbocycles. The normalized spacial score (nSPS) is 12.0. The maximum atomic E-state index is 10.2. The van der Waals surface area contributed by atoms with Gasteiger partial charge in [-0.1, -0.05) is 48.5 Å². The number of aliphatic hydroxyl groups is 1. The maximum Gasteiger partial charge on any atom is 0.261 e. The van der Waals surface area contributed by atoms with Crippen LogP contribution in [-0.4, -0.2) is 29.8 Å². The van der Waals surface area contributed by atoms with E-state index in [0.717, 1.165) is 22.3 Å². The van der Waals surface area contributed by atoms with E-state index in [4.69, 9.17) is 0 Å². The zero-order valence-corrected chi connectivity index (χ0v) is 16.1. The Morgan fingerprint density at radius 1 is 0.704 bits per heavy atom. The zero-order chi connectivity index (χ0) is 19.4. The van der Waals surface area contributed by atoms with E-state index in [1.165, 1.54) is 4.57 Å². The number of rotatable bonds is 6.